The quantitative estimate of drug-likeness (QED) is 0.819. The molecule has 1 spiro atoms. The van der Waals surface area contributed by atoms with E-state index in [1.54, 1.807) is 25.7 Å². The molecule has 1 aliphatic carbocycles. The normalized spacial score (nSPS) is 19.6. The zero-order chi connectivity index (χ0) is 20.7. The summed E-state index contributed by atoms with van der Waals surface area (Å²) in [6.07, 6.45) is 0.112. The van der Waals surface area contributed by atoms with Gasteiger partial charge in [-0.25, -0.2) is 13.6 Å². The lowest BCUT2D eigenvalue weighted by Gasteiger charge is -2.58. The number of alkyl carbamates (subject to hydrolysis) is 1. The Morgan fingerprint density at radius 1 is 1.32 bits per heavy atom. The Morgan fingerprint density at radius 3 is 2.50 bits per heavy atom. The first-order valence-electron chi connectivity index (χ1n) is 9.37. The van der Waals surface area contributed by atoms with E-state index >= 15 is 0 Å². The van der Waals surface area contributed by atoms with Gasteiger partial charge in [-0.3, -0.25) is 4.79 Å². The van der Waals surface area contributed by atoms with E-state index in [1.165, 1.54) is 6.07 Å². The van der Waals surface area contributed by atoms with Crippen LogP contribution in [0.2, 0.25) is 0 Å². The summed E-state index contributed by atoms with van der Waals surface area (Å²) in [5.74, 6) is -1.83. The van der Waals surface area contributed by atoms with E-state index < -0.39 is 29.4 Å². The fourth-order valence-electron chi connectivity index (χ4n) is 3.89. The molecular weight excluding hydrogens is 370 g/mol. The van der Waals surface area contributed by atoms with Gasteiger partial charge < -0.3 is 20.1 Å². The van der Waals surface area contributed by atoms with Gasteiger partial charge in [0.05, 0.1) is 6.10 Å². The third-order valence-electron chi connectivity index (χ3n) is 5.13. The highest BCUT2D eigenvalue weighted by molar-refractivity contribution is 5.86. The molecule has 1 heterocycles. The molecule has 154 valence electrons. The first kappa shape index (κ1) is 20.5. The Bertz CT molecular complexity index is 764. The third-order valence-corrected chi connectivity index (χ3v) is 5.13. The average Bonchev–Trinajstić information content (AvgIpc) is 2.48. The SMILES string of the molecule is CC(C)(C)OC(=O)N[C@@H](Cc1ccc(F)cc1F)C(=O)N1CC2(CC(O)C2)C1. The summed E-state index contributed by atoms with van der Waals surface area (Å²) in [7, 11) is 0. The predicted octanol–water partition coefficient (Wildman–Crippen LogP) is 2.38. The van der Waals surface area contributed by atoms with Crippen molar-refractivity contribution in [3.63, 3.8) is 0 Å². The molecule has 2 amide bonds. The molecule has 2 aliphatic rings. The summed E-state index contributed by atoms with van der Waals surface area (Å²) < 4.78 is 32.5. The molecule has 1 aromatic carbocycles. The Hall–Kier alpha value is -2.22. The van der Waals surface area contributed by atoms with Gasteiger partial charge >= 0.3 is 6.09 Å². The first-order chi connectivity index (χ1) is 13.0. The summed E-state index contributed by atoms with van der Waals surface area (Å²) >= 11 is 0. The number of likely N-dealkylation sites (tertiary alicyclic amines) is 1. The number of ether oxygens (including phenoxy) is 1. The molecule has 8 heteroatoms. The van der Waals surface area contributed by atoms with Crippen LogP contribution < -0.4 is 5.32 Å². The van der Waals surface area contributed by atoms with Crippen molar-refractivity contribution in [1.29, 1.82) is 0 Å². The minimum atomic E-state index is -1.03. The van der Waals surface area contributed by atoms with Gasteiger partial charge in [-0.2, -0.15) is 0 Å². The summed E-state index contributed by atoms with van der Waals surface area (Å²) in [4.78, 5) is 26.7. The molecule has 3 rings (SSSR count). The minimum Gasteiger partial charge on any atom is -0.444 e. The van der Waals surface area contributed by atoms with Gasteiger partial charge in [0.1, 0.15) is 23.3 Å². The molecule has 1 atom stereocenters. The van der Waals surface area contributed by atoms with Crippen molar-refractivity contribution in [3.8, 4) is 0 Å². The van der Waals surface area contributed by atoms with Crippen LogP contribution in [0.4, 0.5) is 13.6 Å². The van der Waals surface area contributed by atoms with Crippen molar-refractivity contribution >= 4 is 12.0 Å². The number of rotatable bonds is 4. The second kappa shape index (κ2) is 7.31. The van der Waals surface area contributed by atoms with Gasteiger partial charge in [0.15, 0.2) is 0 Å². The molecule has 1 aromatic rings. The monoisotopic (exact) mass is 396 g/mol. The lowest BCUT2D eigenvalue weighted by atomic mass is 9.62. The molecule has 2 N–H and O–H groups in total. The molecular formula is C20H26F2N2O4. The van der Waals surface area contributed by atoms with E-state index in [9.17, 15) is 23.5 Å². The van der Waals surface area contributed by atoms with E-state index in [1.807, 2.05) is 0 Å². The second-order valence-corrected chi connectivity index (χ2v) is 8.90. The molecule has 0 aromatic heterocycles. The van der Waals surface area contributed by atoms with Gasteiger partial charge in [-0.15, -0.1) is 0 Å². The highest BCUT2D eigenvalue weighted by atomic mass is 19.1. The number of halogens is 2. The number of hydrogen-bond donors (Lipinski definition) is 2. The number of aliphatic hydroxyl groups excluding tert-OH is 1. The maximum Gasteiger partial charge on any atom is 0.408 e. The molecule has 0 bridgehead atoms. The first-order valence-corrected chi connectivity index (χ1v) is 9.37. The van der Waals surface area contributed by atoms with E-state index in [-0.39, 0.29) is 29.4 Å². The topological polar surface area (TPSA) is 78.9 Å². The lowest BCUT2D eigenvalue weighted by Crippen LogP contribution is -2.67. The molecule has 1 saturated heterocycles. The van der Waals surface area contributed by atoms with Crippen molar-refractivity contribution in [2.24, 2.45) is 5.41 Å². The van der Waals surface area contributed by atoms with Crippen molar-refractivity contribution < 1.29 is 28.2 Å². The highest BCUT2D eigenvalue weighted by Crippen LogP contribution is 2.48. The van der Waals surface area contributed by atoms with Gasteiger partial charge in [0.25, 0.3) is 0 Å². The third kappa shape index (κ3) is 4.60. The number of nitrogens with zero attached hydrogens (tertiary/aromatic N) is 1. The van der Waals surface area contributed by atoms with Crippen LogP contribution in [-0.2, 0) is 16.0 Å². The summed E-state index contributed by atoms with van der Waals surface area (Å²) in [5, 5.41) is 12.0. The second-order valence-electron chi connectivity index (χ2n) is 8.90. The number of amides is 2. The molecule has 2 fully saturated rings. The Morgan fingerprint density at radius 2 is 1.96 bits per heavy atom. The maximum absolute atomic E-state index is 14.1. The number of carbonyl (C=O) groups excluding carboxylic acids is 2. The smallest absolute Gasteiger partial charge is 0.408 e. The Labute approximate surface area is 162 Å². The van der Waals surface area contributed by atoms with Gasteiger partial charge in [0.2, 0.25) is 5.91 Å². The van der Waals surface area contributed by atoms with Gasteiger partial charge in [-0.05, 0) is 45.2 Å². The van der Waals surface area contributed by atoms with E-state index in [0.29, 0.717) is 25.9 Å². The van der Waals surface area contributed by atoms with Crippen molar-refractivity contribution in [2.45, 2.75) is 57.8 Å². The van der Waals surface area contributed by atoms with Crippen LogP contribution >= 0.6 is 0 Å². The van der Waals surface area contributed by atoms with Crippen molar-refractivity contribution in [3.05, 3.63) is 35.4 Å². The van der Waals surface area contributed by atoms with Crippen LogP contribution in [-0.4, -0.2) is 52.8 Å². The van der Waals surface area contributed by atoms with Crippen LogP contribution in [0.15, 0.2) is 18.2 Å². The summed E-state index contributed by atoms with van der Waals surface area (Å²) in [6, 6.07) is 2.10. The number of hydrogen-bond acceptors (Lipinski definition) is 4. The summed E-state index contributed by atoms with van der Waals surface area (Å²) in [6.45, 7) is 6.10. The van der Waals surface area contributed by atoms with Gasteiger partial charge in [-0.1, -0.05) is 6.07 Å². The zero-order valence-electron chi connectivity index (χ0n) is 16.3. The van der Waals surface area contributed by atoms with Crippen LogP contribution in [0, 0.1) is 17.0 Å². The number of aliphatic hydroxyl groups is 1. The fourth-order valence-corrected chi connectivity index (χ4v) is 3.89. The van der Waals surface area contributed by atoms with Crippen LogP contribution in [0.25, 0.3) is 0 Å². The zero-order valence-corrected chi connectivity index (χ0v) is 16.3. The molecule has 0 radical (unpaired) electrons. The standard InChI is InChI=1S/C20H26F2N2O4/c1-19(2,3)28-18(27)23-16(6-12-4-5-13(21)7-15(12)22)17(26)24-10-20(11-24)8-14(25)9-20/h4-5,7,14,16,25H,6,8-11H2,1-3H3,(H,23,27)/t16-/m0/s1. The summed E-state index contributed by atoms with van der Waals surface area (Å²) in [5.41, 5.74) is -0.654. The lowest BCUT2D eigenvalue weighted by molar-refractivity contribution is -0.164. The predicted molar refractivity (Wildman–Crippen MR) is 97.5 cm³/mol. The molecule has 6 nitrogen and oxygen atoms in total. The Balaban J connectivity index is 1.70. The maximum atomic E-state index is 14.1. The number of carbonyl (C=O) groups is 2. The van der Waals surface area contributed by atoms with Gasteiger partial charge in [0, 0.05) is 31.0 Å². The van der Waals surface area contributed by atoms with E-state index in [2.05, 4.69) is 5.32 Å². The van der Waals surface area contributed by atoms with E-state index in [0.717, 1.165) is 12.1 Å². The Kier molecular flexibility index (Phi) is 5.36. The number of nitrogens with one attached hydrogen (secondary N) is 1. The average molecular weight is 396 g/mol. The number of benzene rings is 1. The molecule has 0 unspecified atom stereocenters. The molecule has 28 heavy (non-hydrogen) atoms. The van der Waals surface area contributed by atoms with Crippen molar-refractivity contribution in [1.82, 2.24) is 10.2 Å². The van der Waals surface area contributed by atoms with Crippen LogP contribution in [0.1, 0.15) is 39.2 Å². The van der Waals surface area contributed by atoms with Crippen LogP contribution in [0.5, 0.6) is 0 Å². The molecule has 1 saturated carbocycles. The fraction of sp³-hybridized carbons (Fsp3) is 0.600. The van der Waals surface area contributed by atoms with E-state index in [4.69, 9.17) is 4.74 Å². The molecule has 1 aliphatic heterocycles. The largest absolute Gasteiger partial charge is 0.444 e. The van der Waals surface area contributed by atoms with Crippen molar-refractivity contribution in [2.75, 3.05) is 13.1 Å². The highest BCUT2D eigenvalue weighted by Gasteiger charge is 2.54. The van der Waals surface area contributed by atoms with Crippen LogP contribution in [0.3, 0.4) is 0 Å². The minimum absolute atomic E-state index is 0.0350.